The van der Waals surface area contributed by atoms with Crippen molar-refractivity contribution in [1.29, 1.82) is 0 Å². The number of benzene rings is 1. The summed E-state index contributed by atoms with van der Waals surface area (Å²) in [6.07, 6.45) is 1.21. The molecule has 0 amide bonds. The molecule has 1 aromatic carbocycles. The number of hydrogen-bond acceptors (Lipinski definition) is 5. The molecular formula is C13H16FNO5S. The summed E-state index contributed by atoms with van der Waals surface area (Å²) in [7, 11) is -2.45. The molecule has 116 valence electrons. The molecule has 2 rings (SSSR count). The smallest absolute Gasteiger partial charge is 0.307 e. The Labute approximate surface area is 121 Å². The zero-order valence-electron chi connectivity index (χ0n) is 11.6. The Morgan fingerprint density at radius 1 is 1.48 bits per heavy atom. The van der Waals surface area contributed by atoms with Crippen molar-refractivity contribution in [3.8, 4) is 5.75 Å². The highest BCUT2D eigenvalue weighted by atomic mass is 32.2. The first-order valence-corrected chi connectivity index (χ1v) is 8.17. The van der Waals surface area contributed by atoms with Crippen molar-refractivity contribution in [2.75, 3.05) is 19.9 Å². The van der Waals surface area contributed by atoms with E-state index in [0.717, 1.165) is 6.26 Å². The van der Waals surface area contributed by atoms with Gasteiger partial charge in [-0.15, -0.1) is 0 Å². The zero-order valence-corrected chi connectivity index (χ0v) is 12.4. The second kappa shape index (κ2) is 5.61. The number of rotatable bonds is 4. The lowest BCUT2D eigenvalue weighted by atomic mass is 9.99. The molecule has 0 bridgehead atoms. The lowest BCUT2D eigenvalue weighted by Crippen LogP contribution is -2.18. The van der Waals surface area contributed by atoms with Crippen LogP contribution in [0.15, 0.2) is 17.0 Å². The average Bonchev–Trinajstić information content (AvgIpc) is 2.86. The van der Waals surface area contributed by atoms with Gasteiger partial charge in [-0.05, 0) is 12.5 Å². The maximum Gasteiger partial charge on any atom is 0.307 e. The second-order valence-electron chi connectivity index (χ2n) is 5.00. The second-order valence-corrected chi connectivity index (χ2v) is 6.99. The molecule has 0 spiro atoms. The maximum atomic E-state index is 14.3. The van der Waals surface area contributed by atoms with Crippen LogP contribution < -0.4 is 10.1 Å². The number of halogens is 1. The van der Waals surface area contributed by atoms with E-state index in [0.29, 0.717) is 12.0 Å². The summed E-state index contributed by atoms with van der Waals surface area (Å²) in [5.41, 5.74) is 0.422. The van der Waals surface area contributed by atoms with Gasteiger partial charge in [-0.1, -0.05) is 6.07 Å². The van der Waals surface area contributed by atoms with Gasteiger partial charge in [0.25, 0.3) is 0 Å². The first-order chi connectivity index (χ1) is 9.75. The third-order valence-electron chi connectivity index (χ3n) is 3.55. The van der Waals surface area contributed by atoms with Gasteiger partial charge in [0.15, 0.2) is 21.4 Å². The predicted octanol–water partition coefficient (Wildman–Crippen LogP) is 0.973. The van der Waals surface area contributed by atoms with Crippen molar-refractivity contribution in [3.05, 3.63) is 23.5 Å². The third kappa shape index (κ3) is 3.01. The van der Waals surface area contributed by atoms with E-state index < -0.39 is 32.4 Å². The molecule has 2 atom stereocenters. The van der Waals surface area contributed by atoms with Gasteiger partial charge in [-0.3, -0.25) is 4.79 Å². The van der Waals surface area contributed by atoms with E-state index in [-0.39, 0.29) is 18.3 Å². The third-order valence-corrected chi connectivity index (χ3v) is 4.67. The van der Waals surface area contributed by atoms with Crippen LogP contribution in [0, 0.1) is 11.7 Å². The molecule has 6 nitrogen and oxygen atoms in total. The first kappa shape index (κ1) is 15.7. The highest BCUT2D eigenvalue weighted by Crippen LogP contribution is 2.37. The molecule has 1 fully saturated rings. The summed E-state index contributed by atoms with van der Waals surface area (Å²) in [5.74, 6) is -2.59. The van der Waals surface area contributed by atoms with Gasteiger partial charge in [0.05, 0.1) is 13.0 Å². The van der Waals surface area contributed by atoms with E-state index in [4.69, 9.17) is 9.84 Å². The number of nitrogens with one attached hydrogen (secondary N) is 1. The average molecular weight is 317 g/mol. The normalized spacial score (nSPS) is 22.2. The number of carboxylic acids is 1. The van der Waals surface area contributed by atoms with E-state index in [1.54, 1.807) is 0 Å². The van der Waals surface area contributed by atoms with Crippen molar-refractivity contribution in [2.45, 2.75) is 17.4 Å². The van der Waals surface area contributed by atoms with Crippen LogP contribution >= 0.6 is 0 Å². The Hall–Kier alpha value is -1.67. The van der Waals surface area contributed by atoms with Crippen LogP contribution in [0.4, 0.5) is 4.39 Å². The molecule has 1 heterocycles. The number of carboxylic acid groups (broad SMARTS) is 1. The van der Waals surface area contributed by atoms with E-state index in [1.807, 2.05) is 0 Å². The number of hydrogen-bond donors (Lipinski definition) is 2. The molecule has 1 saturated heterocycles. The molecule has 0 radical (unpaired) electrons. The number of carbonyl (C=O) groups is 1. The molecule has 0 aliphatic carbocycles. The number of ether oxygens (including phenoxy) is 1. The van der Waals surface area contributed by atoms with Crippen molar-refractivity contribution in [2.24, 2.45) is 5.92 Å². The van der Waals surface area contributed by atoms with E-state index in [9.17, 15) is 17.6 Å². The molecule has 0 aromatic heterocycles. The van der Waals surface area contributed by atoms with Crippen molar-refractivity contribution in [3.63, 3.8) is 0 Å². The van der Waals surface area contributed by atoms with E-state index in [2.05, 4.69) is 5.32 Å². The molecule has 1 aliphatic heterocycles. The molecule has 0 saturated carbocycles. The van der Waals surface area contributed by atoms with Crippen LogP contribution in [0.5, 0.6) is 5.75 Å². The quantitative estimate of drug-likeness (QED) is 0.860. The van der Waals surface area contributed by atoms with Gasteiger partial charge in [-0.25, -0.2) is 12.8 Å². The van der Waals surface area contributed by atoms with Gasteiger partial charge < -0.3 is 15.2 Å². The fourth-order valence-electron chi connectivity index (χ4n) is 2.48. The van der Waals surface area contributed by atoms with Gasteiger partial charge in [0.1, 0.15) is 4.90 Å². The molecule has 2 N–H and O–H groups in total. The monoisotopic (exact) mass is 317 g/mol. The fraction of sp³-hybridized carbons (Fsp3) is 0.462. The largest absolute Gasteiger partial charge is 0.493 e. The van der Waals surface area contributed by atoms with Crippen LogP contribution in [-0.4, -0.2) is 39.4 Å². The minimum absolute atomic E-state index is 0.165. The fourth-order valence-corrected chi connectivity index (χ4v) is 3.22. The predicted molar refractivity (Wildman–Crippen MR) is 72.5 cm³/mol. The topological polar surface area (TPSA) is 92.7 Å². The lowest BCUT2D eigenvalue weighted by molar-refractivity contribution is -0.141. The molecule has 1 aromatic rings. The molecule has 8 heteroatoms. The molecule has 1 aliphatic rings. The number of methoxy groups -OCH3 is 1. The van der Waals surface area contributed by atoms with Gasteiger partial charge in [0.2, 0.25) is 0 Å². The minimum atomic E-state index is -3.70. The van der Waals surface area contributed by atoms with Crippen LogP contribution in [0.1, 0.15) is 18.0 Å². The van der Waals surface area contributed by atoms with E-state index in [1.165, 1.54) is 19.2 Å². The van der Waals surface area contributed by atoms with Crippen LogP contribution in [0.25, 0.3) is 0 Å². The van der Waals surface area contributed by atoms with Crippen molar-refractivity contribution < 1.29 is 27.4 Å². The summed E-state index contributed by atoms with van der Waals surface area (Å²) in [6, 6.07) is 2.25. The number of aliphatic carboxylic acids is 1. The van der Waals surface area contributed by atoms with Gasteiger partial charge in [-0.2, -0.15) is 0 Å². The summed E-state index contributed by atoms with van der Waals surface area (Å²) in [4.78, 5) is 10.5. The highest BCUT2D eigenvalue weighted by Gasteiger charge is 2.33. The van der Waals surface area contributed by atoms with Gasteiger partial charge >= 0.3 is 5.97 Å². The summed E-state index contributed by atoms with van der Waals surface area (Å²) < 4.78 is 42.3. The SMILES string of the molecule is COc1c(C2CC(C(=O)O)CN2)ccc(S(C)(=O)=O)c1F. The maximum absolute atomic E-state index is 14.3. The molecular weight excluding hydrogens is 301 g/mol. The number of sulfone groups is 1. The Balaban J connectivity index is 2.43. The highest BCUT2D eigenvalue weighted by molar-refractivity contribution is 7.90. The summed E-state index contributed by atoms with van der Waals surface area (Å²) >= 11 is 0. The molecule has 21 heavy (non-hydrogen) atoms. The van der Waals surface area contributed by atoms with Crippen molar-refractivity contribution >= 4 is 15.8 Å². The minimum Gasteiger partial charge on any atom is -0.493 e. The Morgan fingerprint density at radius 3 is 2.62 bits per heavy atom. The zero-order chi connectivity index (χ0) is 15.8. The lowest BCUT2D eigenvalue weighted by Gasteiger charge is -2.17. The van der Waals surface area contributed by atoms with Crippen LogP contribution in [0.3, 0.4) is 0 Å². The summed E-state index contributed by atoms with van der Waals surface area (Å²) in [6.45, 7) is 0.276. The molecule has 2 unspecified atom stereocenters. The van der Waals surface area contributed by atoms with Gasteiger partial charge in [0, 0.05) is 24.4 Å². The van der Waals surface area contributed by atoms with Crippen LogP contribution in [-0.2, 0) is 14.6 Å². The Kier molecular flexibility index (Phi) is 4.20. The first-order valence-electron chi connectivity index (χ1n) is 6.28. The van der Waals surface area contributed by atoms with E-state index >= 15 is 0 Å². The summed E-state index contributed by atoms with van der Waals surface area (Å²) in [5, 5.41) is 12.0. The van der Waals surface area contributed by atoms with Crippen molar-refractivity contribution in [1.82, 2.24) is 5.32 Å². The Bertz CT molecular complexity index is 673. The van der Waals surface area contributed by atoms with Crippen LogP contribution in [0.2, 0.25) is 0 Å². The standard InChI is InChI=1S/C13H16FNO5S/c1-20-12-8(9-5-7(6-15-9)13(16)17)3-4-10(11(12)14)21(2,18)19/h3-4,7,9,15H,5-6H2,1-2H3,(H,16,17). The Morgan fingerprint density at radius 2 is 2.14 bits per heavy atom.